The topological polar surface area (TPSA) is 33.5 Å². The Morgan fingerprint density at radius 2 is 1.78 bits per heavy atom. The summed E-state index contributed by atoms with van der Waals surface area (Å²) in [6.07, 6.45) is 1.06. The Morgan fingerprint density at radius 1 is 1.09 bits per heavy atom. The van der Waals surface area contributed by atoms with Gasteiger partial charge in [0.2, 0.25) is 0 Å². The Balaban J connectivity index is 1.63. The fourth-order valence-electron chi connectivity index (χ4n) is 3.33. The summed E-state index contributed by atoms with van der Waals surface area (Å²) in [5.41, 5.74) is 4.95. The number of carbonyl (C=O) groups is 1. The summed E-state index contributed by atoms with van der Waals surface area (Å²) in [7, 11) is 0. The van der Waals surface area contributed by atoms with Gasteiger partial charge in [-0.15, -0.1) is 0 Å². The van der Waals surface area contributed by atoms with Crippen LogP contribution >= 0.6 is 0 Å². The van der Waals surface area contributed by atoms with Crippen molar-refractivity contribution in [2.75, 3.05) is 18.4 Å². The highest BCUT2D eigenvalue weighted by Gasteiger charge is 2.21. The van der Waals surface area contributed by atoms with Gasteiger partial charge in [0.25, 0.3) is 5.91 Å². The average Bonchev–Trinajstić information content (AvgIpc) is 2.55. The number of benzene rings is 2. The second-order valence-corrected chi connectivity index (χ2v) is 6.66. The number of hydrogen-bond donors (Lipinski definition) is 2. The first kappa shape index (κ1) is 15.8. The number of carbonyl (C=O) groups excluding carboxylic acids is 1. The van der Waals surface area contributed by atoms with Gasteiger partial charge in [-0.3, -0.25) is 4.79 Å². The van der Waals surface area contributed by atoms with Crippen LogP contribution < -0.4 is 10.2 Å². The molecule has 2 aromatic carbocycles. The van der Waals surface area contributed by atoms with Crippen LogP contribution in [0, 0.1) is 0 Å². The summed E-state index contributed by atoms with van der Waals surface area (Å²) < 4.78 is 0. The zero-order valence-electron chi connectivity index (χ0n) is 13.9. The van der Waals surface area contributed by atoms with Crippen molar-refractivity contribution >= 4 is 11.6 Å². The number of hydrogen-bond acceptors (Lipinski definition) is 1. The minimum Gasteiger partial charge on any atom is -0.323 e. The van der Waals surface area contributed by atoms with E-state index in [1.54, 1.807) is 0 Å². The summed E-state index contributed by atoms with van der Waals surface area (Å²) in [4.78, 5) is 13.8. The van der Waals surface area contributed by atoms with Crippen molar-refractivity contribution in [1.82, 2.24) is 0 Å². The van der Waals surface area contributed by atoms with Gasteiger partial charge in [-0.2, -0.15) is 0 Å². The molecule has 23 heavy (non-hydrogen) atoms. The maximum atomic E-state index is 12.4. The quantitative estimate of drug-likeness (QED) is 0.893. The number of quaternary nitrogens is 1. The van der Waals surface area contributed by atoms with Gasteiger partial charge >= 0.3 is 0 Å². The Bertz CT molecular complexity index is 694. The summed E-state index contributed by atoms with van der Waals surface area (Å²) in [6.45, 7) is 6.79. The number of fused-ring (bicyclic) bond motifs is 1. The second-order valence-electron chi connectivity index (χ2n) is 6.66. The van der Waals surface area contributed by atoms with Gasteiger partial charge in [0, 0.05) is 17.7 Å². The van der Waals surface area contributed by atoms with E-state index < -0.39 is 0 Å². The van der Waals surface area contributed by atoms with Crippen molar-refractivity contribution in [3.05, 3.63) is 65.2 Å². The van der Waals surface area contributed by atoms with Gasteiger partial charge < -0.3 is 10.2 Å². The lowest BCUT2D eigenvalue weighted by Gasteiger charge is -2.25. The Labute approximate surface area is 138 Å². The first-order valence-electron chi connectivity index (χ1n) is 8.42. The molecule has 3 nitrogen and oxygen atoms in total. The molecule has 0 bridgehead atoms. The molecule has 0 spiro atoms. The van der Waals surface area contributed by atoms with Gasteiger partial charge in [0.05, 0.1) is 6.54 Å². The molecule has 2 N–H and O–H groups in total. The molecule has 3 heteroatoms. The van der Waals surface area contributed by atoms with E-state index in [1.165, 1.54) is 21.6 Å². The van der Waals surface area contributed by atoms with Gasteiger partial charge in [-0.05, 0) is 23.1 Å². The molecule has 1 aliphatic heterocycles. The van der Waals surface area contributed by atoms with E-state index in [0.29, 0.717) is 12.5 Å². The van der Waals surface area contributed by atoms with Crippen LogP contribution in [0.4, 0.5) is 5.69 Å². The molecule has 2 aromatic rings. The van der Waals surface area contributed by atoms with E-state index in [-0.39, 0.29) is 5.91 Å². The molecular formula is C20H25N2O+. The monoisotopic (exact) mass is 309 g/mol. The summed E-state index contributed by atoms with van der Waals surface area (Å²) in [5.74, 6) is 0.508. The highest BCUT2D eigenvalue weighted by molar-refractivity contribution is 5.92. The van der Waals surface area contributed by atoms with E-state index in [9.17, 15) is 4.79 Å². The van der Waals surface area contributed by atoms with Crippen LogP contribution in [0.3, 0.4) is 0 Å². The van der Waals surface area contributed by atoms with E-state index in [1.807, 2.05) is 18.2 Å². The molecule has 3 rings (SSSR count). The lowest BCUT2D eigenvalue weighted by atomic mass is 10.00. The molecule has 1 heterocycles. The molecule has 1 atom stereocenters. The highest BCUT2D eigenvalue weighted by atomic mass is 16.2. The largest absolute Gasteiger partial charge is 0.323 e. The van der Waals surface area contributed by atoms with Crippen LogP contribution in [-0.4, -0.2) is 19.0 Å². The molecule has 1 amide bonds. The Morgan fingerprint density at radius 3 is 2.57 bits per heavy atom. The first-order valence-corrected chi connectivity index (χ1v) is 8.42. The van der Waals surface area contributed by atoms with Crippen molar-refractivity contribution in [2.45, 2.75) is 32.7 Å². The molecule has 1 unspecified atom stereocenters. The predicted octanol–water partition coefficient (Wildman–Crippen LogP) is 2.39. The predicted molar refractivity (Wildman–Crippen MR) is 93.7 cm³/mol. The lowest BCUT2D eigenvalue weighted by Crippen LogP contribution is -3.12. The van der Waals surface area contributed by atoms with Crippen LogP contribution in [0.5, 0.6) is 0 Å². The van der Waals surface area contributed by atoms with Gasteiger partial charge in [-0.1, -0.05) is 56.3 Å². The summed E-state index contributed by atoms with van der Waals surface area (Å²) >= 11 is 0. The van der Waals surface area contributed by atoms with Gasteiger partial charge in [-0.25, -0.2) is 0 Å². The van der Waals surface area contributed by atoms with E-state index >= 15 is 0 Å². The standard InChI is InChI=1S/C20H24N2O/c1-15(2)18-9-5-6-10-19(18)21-20(23)14-22-12-11-16-7-3-4-8-17(16)13-22/h3-10,15H,11-14H2,1-2H3,(H,21,23)/p+1. The normalized spacial score (nSPS) is 16.9. The van der Waals surface area contributed by atoms with Crippen LogP contribution in [0.25, 0.3) is 0 Å². The average molecular weight is 309 g/mol. The van der Waals surface area contributed by atoms with E-state index in [4.69, 9.17) is 0 Å². The molecule has 120 valence electrons. The van der Waals surface area contributed by atoms with Gasteiger partial charge in [0.1, 0.15) is 6.54 Å². The van der Waals surface area contributed by atoms with Crippen LogP contribution in [0.1, 0.15) is 36.5 Å². The van der Waals surface area contributed by atoms with Gasteiger partial charge in [0.15, 0.2) is 6.54 Å². The fourth-order valence-corrected chi connectivity index (χ4v) is 3.33. The maximum absolute atomic E-state index is 12.4. The van der Waals surface area contributed by atoms with Crippen molar-refractivity contribution in [2.24, 2.45) is 0 Å². The molecule has 0 saturated heterocycles. The molecule has 0 aliphatic carbocycles. The molecular weight excluding hydrogens is 284 g/mol. The molecule has 1 aliphatic rings. The first-order chi connectivity index (χ1) is 11.1. The van der Waals surface area contributed by atoms with E-state index in [0.717, 1.165) is 25.2 Å². The number of anilines is 1. The maximum Gasteiger partial charge on any atom is 0.279 e. The third kappa shape index (κ3) is 3.80. The molecule has 0 fully saturated rings. The number of para-hydroxylation sites is 1. The Hall–Kier alpha value is -2.13. The minimum absolute atomic E-state index is 0.104. The fraction of sp³-hybridized carbons (Fsp3) is 0.350. The number of amides is 1. The third-order valence-corrected chi connectivity index (χ3v) is 4.57. The summed E-state index contributed by atoms with van der Waals surface area (Å²) in [5, 5.41) is 3.10. The number of nitrogens with one attached hydrogen (secondary N) is 2. The SMILES string of the molecule is CC(C)c1ccccc1NC(=O)C[NH+]1CCc2ccccc2C1. The van der Waals surface area contributed by atoms with Crippen molar-refractivity contribution < 1.29 is 9.69 Å². The smallest absolute Gasteiger partial charge is 0.279 e. The minimum atomic E-state index is 0.104. The van der Waals surface area contributed by atoms with Crippen LogP contribution in [-0.2, 0) is 17.8 Å². The number of rotatable bonds is 4. The Kier molecular flexibility index (Phi) is 4.77. The second kappa shape index (κ2) is 6.97. The van der Waals surface area contributed by atoms with Crippen molar-refractivity contribution in [3.63, 3.8) is 0 Å². The highest BCUT2D eigenvalue weighted by Crippen LogP contribution is 2.23. The molecule has 0 saturated carbocycles. The van der Waals surface area contributed by atoms with Crippen molar-refractivity contribution in [1.29, 1.82) is 0 Å². The van der Waals surface area contributed by atoms with Crippen LogP contribution in [0.15, 0.2) is 48.5 Å². The van der Waals surface area contributed by atoms with Crippen LogP contribution in [0.2, 0.25) is 0 Å². The van der Waals surface area contributed by atoms with E-state index in [2.05, 4.69) is 49.5 Å². The third-order valence-electron chi connectivity index (χ3n) is 4.57. The zero-order valence-corrected chi connectivity index (χ0v) is 13.9. The molecule has 0 radical (unpaired) electrons. The summed E-state index contributed by atoms with van der Waals surface area (Å²) in [6, 6.07) is 16.6. The lowest BCUT2D eigenvalue weighted by molar-refractivity contribution is -0.907. The zero-order chi connectivity index (χ0) is 16.2. The molecule has 0 aromatic heterocycles. The van der Waals surface area contributed by atoms with Crippen molar-refractivity contribution in [3.8, 4) is 0 Å².